The van der Waals surface area contributed by atoms with E-state index in [9.17, 15) is 5.11 Å². The third-order valence-corrected chi connectivity index (χ3v) is 2.92. The number of rotatable bonds is 7. The van der Waals surface area contributed by atoms with Crippen molar-refractivity contribution in [2.24, 2.45) is 0 Å². The molecular formula is C13H18ClO. The highest BCUT2D eigenvalue weighted by Gasteiger charge is 2.10. The van der Waals surface area contributed by atoms with Crippen molar-refractivity contribution in [3.05, 3.63) is 35.9 Å². The van der Waals surface area contributed by atoms with E-state index in [1.807, 2.05) is 6.07 Å². The summed E-state index contributed by atoms with van der Waals surface area (Å²) in [5.41, 5.74) is 1.34. The molecule has 0 N–H and O–H groups in total. The monoisotopic (exact) mass is 225 g/mol. The predicted octanol–water partition coefficient (Wildman–Crippen LogP) is 4.00. The van der Waals surface area contributed by atoms with Crippen LogP contribution in [0, 0.1) is 0 Å². The van der Waals surface area contributed by atoms with Crippen molar-refractivity contribution in [2.75, 3.05) is 12.5 Å². The SMILES string of the molecule is [O]CCCC(CCCCl)c1ccccc1. The van der Waals surface area contributed by atoms with Gasteiger partial charge in [-0.1, -0.05) is 30.3 Å². The molecule has 1 unspecified atom stereocenters. The number of hydrogen-bond donors (Lipinski definition) is 0. The standard InChI is InChI=1S/C13H18ClO/c14-10-4-8-13(9-5-11-15)12-6-2-1-3-7-12/h1-3,6-7,13H,4-5,8-11H2. The van der Waals surface area contributed by atoms with Crippen LogP contribution in [0.25, 0.3) is 0 Å². The summed E-state index contributed by atoms with van der Waals surface area (Å²) in [7, 11) is 0. The molecule has 15 heavy (non-hydrogen) atoms. The van der Waals surface area contributed by atoms with Gasteiger partial charge in [-0.15, -0.1) is 11.6 Å². The molecule has 0 spiro atoms. The van der Waals surface area contributed by atoms with Gasteiger partial charge in [-0.3, -0.25) is 0 Å². The molecule has 0 amide bonds. The lowest BCUT2D eigenvalue weighted by atomic mass is 9.90. The predicted molar refractivity (Wildman–Crippen MR) is 63.9 cm³/mol. The maximum atomic E-state index is 10.5. The Morgan fingerprint density at radius 2 is 1.73 bits per heavy atom. The summed E-state index contributed by atoms with van der Waals surface area (Å²) in [6, 6.07) is 10.4. The molecule has 1 aromatic carbocycles. The molecule has 1 radical (unpaired) electrons. The third kappa shape index (κ3) is 4.67. The van der Waals surface area contributed by atoms with Crippen molar-refractivity contribution in [1.82, 2.24) is 0 Å². The fourth-order valence-corrected chi connectivity index (χ4v) is 2.01. The first kappa shape index (κ1) is 12.5. The van der Waals surface area contributed by atoms with Gasteiger partial charge in [0.2, 0.25) is 0 Å². The second kappa shape index (κ2) is 7.72. The molecular weight excluding hydrogens is 208 g/mol. The molecule has 0 saturated heterocycles. The van der Waals surface area contributed by atoms with Gasteiger partial charge in [0.05, 0.1) is 6.61 Å². The molecule has 1 nitrogen and oxygen atoms in total. The minimum atomic E-state index is 0.0320. The van der Waals surface area contributed by atoms with E-state index in [1.165, 1.54) is 5.56 Å². The van der Waals surface area contributed by atoms with Crippen molar-refractivity contribution in [3.63, 3.8) is 0 Å². The van der Waals surface area contributed by atoms with Crippen LogP contribution in [0.1, 0.15) is 37.2 Å². The van der Waals surface area contributed by atoms with Crippen LogP contribution in [-0.4, -0.2) is 12.5 Å². The molecule has 0 aliphatic heterocycles. The third-order valence-electron chi connectivity index (χ3n) is 2.65. The van der Waals surface area contributed by atoms with E-state index < -0.39 is 0 Å². The zero-order chi connectivity index (χ0) is 10.9. The molecule has 2 heteroatoms. The Morgan fingerprint density at radius 1 is 1.07 bits per heavy atom. The average molecular weight is 226 g/mol. The van der Waals surface area contributed by atoms with Gasteiger partial charge in [0, 0.05) is 5.88 Å². The van der Waals surface area contributed by atoms with Gasteiger partial charge in [0.25, 0.3) is 0 Å². The van der Waals surface area contributed by atoms with Crippen LogP contribution in [0.4, 0.5) is 0 Å². The molecule has 0 heterocycles. The summed E-state index contributed by atoms with van der Waals surface area (Å²) in [6.07, 6.45) is 3.87. The first-order valence-corrected chi connectivity index (χ1v) is 6.11. The molecule has 1 rings (SSSR count). The van der Waals surface area contributed by atoms with Gasteiger partial charge in [-0.2, -0.15) is 0 Å². The summed E-state index contributed by atoms with van der Waals surface area (Å²) in [6.45, 7) is 0.0320. The van der Waals surface area contributed by atoms with Gasteiger partial charge in [-0.05, 0) is 37.2 Å². The lowest BCUT2D eigenvalue weighted by Gasteiger charge is -2.15. The summed E-state index contributed by atoms with van der Waals surface area (Å²) < 4.78 is 0. The number of benzene rings is 1. The Balaban J connectivity index is 2.55. The van der Waals surface area contributed by atoms with Crippen LogP contribution < -0.4 is 0 Å². The highest BCUT2D eigenvalue weighted by atomic mass is 35.5. The molecule has 1 aromatic rings. The zero-order valence-electron chi connectivity index (χ0n) is 8.99. The first-order valence-electron chi connectivity index (χ1n) is 5.57. The lowest BCUT2D eigenvalue weighted by Crippen LogP contribution is -2.00. The van der Waals surface area contributed by atoms with Gasteiger partial charge in [0.15, 0.2) is 0 Å². The van der Waals surface area contributed by atoms with Crippen LogP contribution in [0.15, 0.2) is 30.3 Å². The molecule has 1 atom stereocenters. The van der Waals surface area contributed by atoms with E-state index >= 15 is 0 Å². The molecule has 0 aliphatic rings. The van der Waals surface area contributed by atoms with Gasteiger partial charge >= 0.3 is 0 Å². The first-order chi connectivity index (χ1) is 7.38. The maximum absolute atomic E-state index is 10.5. The van der Waals surface area contributed by atoms with Crippen LogP contribution in [0.5, 0.6) is 0 Å². The summed E-state index contributed by atoms with van der Waals surface area (Å²) in [5.74, 6) is 1.22. The fourth-order valence-electron chi connectivity index (χ4n) is 1.86. The Hall–Kier alpha value is -0.530. The second-order valence-electron chi connectivity index (χ2n) is 3.79. The van der Waals surface area contributed by atoms with E-state index in [-0.39, 0.29) is 6.61 Å². The Kier molecular flexibility index (Phi) is 6.45. The van der Waals surface area contributed by atoms with Crippen molar-refractivity contribution in [2.45, 2.75) is 31.6 Å². The molecule has 0 saturated carbocycles. The fraction of sp³-hybridized carbons (Fsp3) is 0.538. The van der Waals surface area contributed by atoms with Gasteiger partial charge in [0.1, 0.15) is 0 Å². The zero-order valence-corrected chi connectivity index (χ0v) is 9.75. The largest absolute Gasteiger partial charge is 0.237 e. The van der Waals surface area contributed by atoms with Gasteiger partial charge < -0.3 is 0 Å². The molecule has 0 bridgehead atoms. The van der Waals surface area contributed by atoms with E-state index in [0.29, 0.717) is 11.8 Å². The number of hydrogen-bond acceptors (Lipinski definition) is 0. The Morgan fingerprint density at radius 3 is 2.33 bits per heavy atom. The second-order valence-corrected chi connectivity index (χ2v) is 4.16. The number of halogens is 1. The van der Waals surface area contributed by atoms with Crippen molar-refractivity contribution in [3.8, 4) is 0 Å². The van der Waals surface area contributed by atoms with Crippen LogP contribution in [0.2, 0.25) is 0 Å². The van der Waals surface area contributed by atoms with Crippen LogP contribution in [0.3, 0.4) is 0 Å². The van der Waals surface area contributed by atoms with Gasteiger partial charge in [-0.25, -0.2) is 5.11 Å². The minimum absolute atomic E-state index is 0.0320. The Labute approximate surface area is 97.1 Å². The van der Waals surface area contributed by atoms with E-state index in [0.717, 1.165) is 25.7 Å². The average Bonchev–Trinajstić information content (AvgIpc) is 2.30. The topological polar surface area (TPSA) is 19.9 Å². The van der Waals surface area contributed by atoms with Crippen LogP contribution >= 0.6 is 11.6 Å². The number of alkyl halides is 1. The summed E-state index contributed by atoms with van der Waals surface area (Å²) in [4.78, 5) is 0. The van der Waals surface area contributed by atoms with E-state index in [1.54, 1.807) is 0 Å². The highest BCUT2D eigenvalue weighted by Crippen LogP contribution is 2.26. The molecule has 0 fully saturated rings. The van der Waals surface area contributed by atoms with Crippen molar-refractivity contribution >= 4 is 11.6 Å². The summed E-state index contributed by atoms with van der Waals surface area (Å²) >= 11 is 5.71. The normalized spacial score (nSPS) is 12.7. The van der Waals surface area contributed by atoms with E-state index in [2.05, 4.69) is 24.3 Å². The Bertz CT molecular complexity index is 240. The minimum Gasteiger partial charge on any atom is -0.237 e. The molecule has 83 valence electrons. The smallest absolute Gasteiger partial charge is 0.0822 e. The van der Waals surface area contributed by atoms with Crippen molar-refractivity contribution < 1.29 is 5.11 Å². The summed E-state index contributed by atoms with van der Waals surface area (Å²) in [5, 5.41) is 10.5. The quantitative estimate of drug-likeness (QED) is 0.626. The molecule has 0 aromatic heterocycles. The maximum Gasteiger partial charge on any atom is 0.0822 e. The highest BCUT2D eigenvalue weighted by molar-refractivity contribution is 6.17. The molecule has 0 aliphatic carbocycles. The van der Waals surface area contributed by atoms with E-state index in [4.69, 9.17) is 11.6 Å². The van der Waals surface area contributed by atoms with Crippen molar-refractivity contribution in [1.29, 1.82) is 0 Å². The lowest BCUT2D eigenvalue weighted by molar-refractivity contribution is 0.183. The van der Waals surface area contributed by atoms with Crippen LogP contribution in [-0.2, 0) is 5.11 Å².